The molecule has 2 N–H and O–H groups in total. The maximum atomic E-state index is 11.3. The average molecular weight is 292 g/mol. The van der Waals surface area contributed by atoms with Gasteiger partial charge in [-0.2, -0.15) is 0 Å². The summed E-state index contributed by atoms with van der Waals surface area (Å²) in [7, 11) is 0. The predicted octanol–water partition coefficient (Wildman–Crippen LogP) is 4.11. The molecule has 0 saturated heterocycles. The zero-order valence-electron chi connectivity index (χ0n) is 12.2. The summed E-state index contributed by atoms with van der Waals surface area (Å²) >= 11 is 0. The summed E-state index contributed by atoms with van der Waals surface area (Å²) in [5, 5.41) is 14.2. The van der Waals surface area contributed by atoms with E-state index in [1.807, 2.05) is 36.4 Å². The van der Waals surface area contributed by atoms with Crippen LogP contribution < -0.4 is 5.32 Å². The van der Waals surface area contributed by atoms with Gasteiger partial charge in [-0.1, -0.05) is 42.5 Å². The first kappa shape index (κ1) is 14.1. The molecule has 3 aromatic rings. The monoisotopic (exact) mass is 292 g/mol. The maximum Gasteiger partial charge on any atom is 0.336 e. The Balaban J connectivity index is 2.01. The average Bonchev–Trinajstić information content (AvgIpc) is 2.55. The fraction of sp³-hybridized carbons (Fsp3) is 0.111. The van der Waals surface area contributed by atoms with Crippen molar-refractivity contribution in [1.82, 2.24) is 4.98 Å². The van der Waals surface area contributed by atoms with E-state index in [1.54, 1.807) is 24.4 Å². The second kappa shape index (κ2) is 5.85. The number of nitrogens with one attached hydrogen (secondary N) is 1. The third-order valence-electron chi connectivity index (χ3n) is 3.69. The van der Waals surface area contributed by atoms with E-state index in [1.165, 1.54) is 0 Å². The van der Waals surface area contributed by atoms with Crippen molar-refractivity contribution in [3.05, 3.63) is 71.9 Å². The maximum absolute atomic E-state index is 11.3. The van der Waals surface area contributed by atoms with Crippen LogP contribution in [0.3, 0.4) is 0 Å². The Hall–Kier alpha value is -2.88. The second-order valence-electron chi connectivity index (χ2n) is 5.14. The molecular weight excluding hydrogens is 276 g/mol. The quantitative estimate of drug-likeness (QED) is 0.759. The van der Waals surface area contributed by atoms with Gasteiger partial charge in [0, 0.05) is 23.0 Å². The van der Waals surface area contributed by atoms with Crippen molar-refractivity contribution in [3.8, 4) is 0 Å². The highest BCUT2D eigenvalue weighted by molar-refractivity contribution is 6.06. The number of carbonyl (C=O) groups is 1. The molecule has 1 atom stereocenters. The molecule has 0 amide bonds. The molecule has 0 bridgehead atoms. The molecule has 4 heteroatoms. The second-order valence-corrected chi connectivity index (χ2v) is 5.14. The number of anilines is 1. The topological polar surface area (TPSA) is 62.2 Å². The van der Waals surface area contributed by atoms with Gasteiger partial charge in [-0.15, -0.1) is 0 Å². The van der Waals surface area contributed by atoms with Crippen LogP contribution >= 0.6 is 0 Å². The van der Waals surface area contributed by atoms with Gasteiger partial charge in [0.1, 0.15) is 5.82 Å². The zero-order chi connectivity index (χ0) is 15.5. The van der Waals surface area contributed by atoms with Gasteiger partial charge in [0.2, 0.25) is 0 Å². The number of aromatic nitrogens is 1. The number of carboxylic acid groups (broad SMARTS) is 1. The number of benzene rings is 2. The van der Waals surface area contributed by atoms with E-state index >= 15 is 0 Å². The Labute approximate surface area is 128 Å². The van der Waals surface area contributed by atoms with Crippen molar-refractivity contribution < 1.29 is 9.90 Å². The lowest BCUT2D eigenvalue weighted by atomic mass is 10.0. The van der Waals surface area contributed by atoms with Crippen LogP contribution in [0.1, 0.15) is 28.9 Å². The smallest absolute Gasteiger partial charge is 0.336 e. The van der Waals surface area contributed by atoms with Crippen LogP contribution in [0.25, 0.3) is 10.8 Å². The van der Waals surface area contributed by atoms with Crippen LogP contribution in [-0.2, 0) is 0 Å². The van der Waals surface area contributed by atoms with Gasteiger partial charge < -0.3 is 10.4 Å². The molecule has 1 unspecified atom stereocenters. The summed E-state index contributed by atoms with van der Waals surface area (Å²) in [5.41, 5.74) is 1.44. The van der Waals surface area contributed by atoms with E-state index in [0.29, 0.717) is 11.2 Å². The van der Waals surface area contributed by atoms with Gasteiger partial charge >= 0.3 is 5.97 Å². The lowest BCUT2D eigenvalue weighted by Gasteiger charge is -2.16. The predicted molar refractivity (Wildman–Crippen MR) is 87.2 cm³/mol. The molecule has 0 aliphatic rings. The number of hydrogen-bond acceptors (Lipinski definition) is 3. The van der Waals surface area contributed by atoms with Crippen molar-refractivity contribution in [2.75, 3.05) is 5.32 Å². The van der Waals surface area contributed by atoms with Crippen LogP contribution in [-0.4, -0.2) is 16.1 Å². The molecule has 0 spiro atoms. The normalized spacial score (nSPS) is 12.0. The van der Waals surface area contributed by atoms with Gasteiger partial charge in [0.25, 0.3) is 0 Å². The van der Waals surface area contributed by atoms with Crippen LogP contribution in [0, 0.1) is 0 Å². The SMILES string of the molecule is CC(Nc1nccc2c(C(=O)O)cccc12)c1ccccc1. The molecule has 3 rings (SSSR count). The summed E-state index contributed by atoms with van der Waals surface area (Å²) in [6.45, 7) is 2.05. The van der Waals surface area contributed by atoms with Gasteiger partial charge in [-0.05, 0) is 24.6 Å². The van der Waals surface area contributed by atoms with E-state index < -0.39 is 5.97 Å². The standard InChI is InChI=1S/C18H16N2O2/c1-12(13-6-3-2-4-7-13)20-17-15-8-5-9-16(18(21)22)14(15)10-11-19-17/h2-12H,1H3,(H,19,20)(H,21,22). The first-order valence-corrected chi connectivity index (χ1v) is 7.09. The third kappa shape index (κ3) is 2.63. The molecular formula is C18H16N2O2. The summed E-state index contributed by atoms with van der Waals surface area (Å²) in [5.74, 6) is -0.240. The number of hydrogen-bond donors (Lipinski definition) is 2. The Morgan fingerprint density at radius 2 is 1.82 bits per heavy atom. The fourth-order valence-corrected chi connectivity index (χ4v) is 2.54. The van der Waals surface area contributed by atoms with E-state index in [0.717, 1.165) is 10.9 Å². The Morgan fingerprint density at radius 1 is 1.05 bits per heavy atom. The summed E-state index contributed by atoms with van der Waals surface area (Å²) in [4.78, 5) is 15.7. The lowest BCUT2D eigenvalue weighted by molar-refractivity contribution is 0.0699. The van der Waals surface area contributed by atoms with Crippen molar-refractivity contribution in [2.45, 2.75) is 13.0 Å². The largest absolute Gasteiger partial charge is 0.478 e. The number of fused-ring (bicyclic) bond motifs is 1. The van der Waals surface area contributed by atoms with E-state index in [9.17, 15) is 9.90 Å². The molecule has 110 valence electrons. The Bertz CT molecular complexity index is 816. The Morgan fingerprint density at radius 3 is 2.55 bits per heavy atom. The molecule has 0 aliphatic carbocycles. The number of rotatable bonds is 4. The Kier molecular flexibility index (Phi) is 3.74. The number of pyridine rings is 1. The zero-order valence-corrected chi connectivity index (χ0v) is 12.2. The minimum absolute atomic E-state index is 0.0767. The molecule has 0 aliphatic heterocycles. The highest BCUT2D eigenvalue weighted by Crippen LogP contribution is 2.27. The third-order valence-corrected chi connectivity index (χ3v) is 3.69. The first-order chi connectivity index (χ1) is 10.7. The summed E-state index contributed by atoms with van der Waals surface area (Å²) in [6.07, 6.45) is 1.63. The summed E-state index contributed by atoms with van der Waals surface area (Å²) < 4.78 is 0. The van der Waals surface area contributed by atoms with Gasteiger partial charge in [-0.25, -0.2) is 9.78 Å². The van der Waals surface area contributed by atoms with Crippen molar-refractivity contribution in [3.63, 3.8) is 0 Å². The first-order valence-electron chi connectivity index (χ1n) is 7.09. The van der Waals surface area contributed by atoms with Gasteiger partial charge in [0.15, 0.2) is 0 Å². The van der Waals surface area contributed by atoms with Crippen molar-refractivity contribution in [2.24, 2.45) is 0 Å². The molecule has 0 saturated carbocycles. The van der Waals surface area contributed by atoms with E-state index in [4.69, 9.17) is 0 Å². The van der Waals surface area contributed by atoms with Gasteiger partial charge in [0.05, 0.1) is 5.56 Å². The van der Waals surface area contributed by atoms with E-state index in [2.05, 4.69) is 17.2 Å². The minimum atomic E-state index is -0.932. The number of carboxylic acids is 1. The van der Waals surface area contributed by atoms with Crippen molar-refractivity contribution in [1.29, 1.82) is 0 Å². The molecule has 22 heavy (non-hydrogen) atoms. The molecule has 1 aromatic heterocycles. The molecule has 1 heterocycles. The van der Waals surface area contributed by atoms with E-state index in [-0.39, 0.29) is 11.6 Å². The van der Waals surface area contributed by atoms with Crippen LogP contribution in [0.5, 0.6) is 0 Å². The number of aromatic carboxylic acids is 1. The minimum Gasteiger partial charge on any atom is -0.478 e. The highest BCUT2D eigenvalue weighted by atomic mass is 16.4. The van der Waals surface area contributed by atoms with Crippen molar-refractivity contribution >= 4 is 22.6 Å². The lowest BCUT2D eigenvalue weighted by Crippen LogP contribution is -2.08. The fourth-order valence-electron chi connectivity index (χ4n) is 2.54. The molecule has 2 aromatic carbocycles. The van der Waals surface area contributed by atoms with Crippen LogP contribution in [0.4, 0.5) is 5.82 Å². The molecule has 4 nitrogen and oxygen atoms in total. The highest BCUT2D eigenvalue weighted by Gasteiger charge is 2.12. The van der Waals surface area contributed by atoms with Gasteiger partial charge in [-0.3, -0.25) is 0 Å². The van der Waals surface area contributed by atoms with Crippen LogP contribution in [0.15, 0.2) is 60.8 Å². The summed E-state index contributed by atoms with van der Waals surface area (Å²) in [6, 6.07) is 17.1. The van der Waals surface area contributed by atoms with Crippen LogP contribution in [0.2, 0.25) is 0 Å². The molecule has 0 fully saturated rings. The number of nitrogens with zero attached hydrogens (tertiary/aromatic N) is 1. The molecule has 0 radical (unpaired) electrons.